The van der Waals surface area contributed by atoms with Gasteiger partial charge in [-0.05, 0) is 43.5 Å². The smallest absolute Gasteiger partial charge is 0.335 e. The Morgan fingerprint density at radius 2 is 2.13 bits per heavy atom. The highest BCUT2D eigenvalue weighted by atomic mass is 16.4. The summed E-state index contributed by atoms with van der Waals surface area (Å²) in [6, 6.07) is 5.16. The van der Waals surface area contributed by atoms with Crippen molar-refractivity contribution in [2.24, 2.45) is 7.05 Å². The van der Waals surface area contributed by atoms with E-state index in [1.54, 1.807) is 16.8 Å². The third-order valence-electron chi connectivity index (χ3n) is 4.43. The Morgan fingerprint density at radius 1 is 1.39 bits per heavy atom. The van der Waals surface area contributed by atoms with Gasteiger partial charge in [0, 0.05) is 24.9 Å². The van der Waals surface area contributed by atoms with Crippen molar-refractivity contribution in [1.29, 1.82) is 0 Å². The molecule has 0 bridgehead atoms. The molecule has 2 N–H and O–H groups in total. The van der Waals surface area contributed by atoms with E-state index >= 15 is 0 Å². The minimum atomic E-state index is -0.935. The molecule has 0 saturated heterocycles. The van der Waals surface area contributed by atoms with E-state index in [1.807, 2.05) is 27.0 Å². The minimum Gasteiger partial charge on any atom is -0.478 e. The number of carboxylic acid groups (broad SMARTS) is 1. The number of nitrogens with one attached hydrogen (secondary N) is 1. The van der Waals surface area contributed by atoms with Crippen molar-refractivity contribution in [2.75, 3.05) is 5.32 Å². The van der Waals surface area contributed by atoms with Crippen molar-refractivity contribution in [2.45, 2.75) is 32.6 Å². The molecule has 2 aromatic rings. The molecule has 1 amide bonds. The number of aromatic nitrogens is 2. The SMILES string of the molecule is Cc1cc(C(=O)O)ccc1C1CCC(=O)Nc2c1c(C)nn2C. The topological polar surface area (TPSA) is 84.2 Å². The highest BCUT2D eigenvalue weighted by molar-refractivity contribution is 5.92. The predicted octanol–water partition coefficient (Wildman–Crippen LogP) is 2.60. The molecule has 0 aliphatic carbocycles. The molecule has 6 nitrogen and oxygen atoms in total. The molecule has 0 spiro atoms. The number of carbonyl (C=O) groups excluding carboxylic acids is 1. The highest BCUT2D eigenvalue weighted by Gasteiger charge is 2.29. The molecule has 0 fully saturated rings. The van der Waals surface area contributed by atoms with Crippen LogP contribution in [0.3, 0.4) is 0 Å². The van der Waals surface area contributed by atoms with Crippen LogP contribution in [0, 0.1) is 13.8 Å². The molecule has 23 heavy (non-hydrogen) atoms. The Hall–Kier alpha value is -2.63. The van der Waals surface area contributed by atoms with Crippen LogP contribution in [-0.4, -0.2) is 26.8 Å². The number of nitrogens with zero attached hydrogens (tertiary/aromatic N) is 2. The molecule has 1 atom stereocenters. The normalized spacial score (nSPS) is 17.3. The molecule has 1 aliphatic heterocycles. The maximum absolute atomic E-state index is 12.0. The van der Waals surface area contributed by atoms with Crippen LogP contribution in [0.25, 0.3) is 0 Å². The molecule has 0 saturated carbocycles. The van der Waals surface area contributed by atoms with Gasteiger partial charge in [0.15, 0.2) is 0 Å². The monoisotopic (exact) mass is 313 g/mol. The van der Waals surface area contributed by atoms with Crippen molar-refractivity contribution in [3.63, 3.8) is 0 Å². The predicted molar refractivity (Wildman–Crippen MR) is 85.8 cm³/mol. The fourth-order valence-electron chi connectivity index (χ4n) is 3.36. The van der Waals surface area contributed by atoms with Gasteiger partial charge in [0.25, 0.3) is 0 Å². The van der Waals surface area contributed by atoms with Crippen LogP contribution in [0.5, 0.6) is 0 Å². The van der Waals surface area contributed by atoms with Gasteiger partial charge >= 0.3 is 5.97 Å². The zero-order chi connectivity index (χ0) is 16.7. The van der Waals surface area contributed by atoms with Crippen molar-refractivity contribution in [3.8, 4) is 0 Å². The summed E-state index contributed by atoms with van der Waals surface area (Å²) in [4.78, 5) is 23.1. The Kier molecular flexibility index (Phi) is 3.67. The second-order valence-electron chi connectivity index (χ2n) is 5.99. The first kappa shape index (κ1) is 15.3. The Morgan fingerprint density at radius 3 is 2.78 bits per heavy atom. The van der Waals surface area contributed by atoms with Crippen molar-refractivity contribution in [3.05, 3.63) is 46.1 Å². The molecule has 1 unspecified atom stereocenters. The number of hydrogen-bond acceptors (Lipinski definition) is 3. The third kappa shape index (κ3) is 2.60. The zero-order valence-corrected chi connectivity index (χ0v) is 13.4. The summed E-state index contributed by atoms with van der Waals surface area (Å²) in [6.07, 6.45) is 1.11. The number of hydrogen-bond donors (Lipinski definition) is 2. The van der Waals surface area contributed by atoms with Crippen molar-refractivity contribution < 1.29 is 14.7 Å². The van der Waals surface area contributed by atoms with Crippen LogP contribution in [0.4, 0.5) is 5.82 Å². The summed E-state index contributed by atoms with van der Waals surface area (Å²) in [6.45, 7) is 3.84. The van der Waals surface area contributed by atoms with E-state index in [0.717, 1.165) is 28.2 Å². The largest absolute Gasteiger partial charge is 0.478 e. The molecule has 3 rings (SSSR count). The molecule has 120 valence electrons. The zero-order valence-electron chi connectivity index (χ0n) is 13.4. The second-order valence-corrected chi connectivity index (χ2v) is 5.99. The quantitative estimate of drug-likeness (QED) is 0.892. The molecular formula is C17H19N3O3. The van der Waals surface area contributed by atoms with Gasteiger partial charge in [0.05, 0.1) is 11.3 Å². The van der Waals surface area contributed by atoms with Crippen LogP contribution < -0.4 is 5.32 Å². The fourth-order valence-corrected chi connectivity index (χ4v) is 3.36. The van der Waals surface area contributed by atoms with Gasteiger partial charge in [-0.15, -0.1) is 0 Å². The van der Waals surface area contributed by atoms with Gasteiger partial charge in [-0.2, -0.15) is 5.10 Å². The summed E-state index contributed by atoms with van der Waals surface area (Å²) in [5.74, 6) is -0.190. The molecule has 0 radical (unpaired) electrons. The number of benzene rings is 1. The molecule has 1 aromatic carbocycles. The van der Waals surface area contributed by atoms with Gasteiger partial charge in [-0.1, -0.05) is 6.07 Å². The van der Waals surface area contributed by atoms with E-state index in [2.05, 4.69) is 10.4 Å². The van der Waals surface area contributed by atoms with Crippen molar-refractivity contribution >= 4 is 17.7 Å². The maximum Gasteiger partial charge on any atom is 0.335 e. The molecule has 6 heteroatoms. The first-order chi connectivity index (χ1) is 10.9. The number of amides is 1. The van der Waals surface area contributed by atoms with E-state index in [-0.39, 0.29) is 17.4 Å². The first-order valence-corrected chi connectivity index (χ1v) is 7.55. The number of carboxylic acids is 1. The average molecular weight is 313 g/mol. The lowest BCUT2D eigenvalue weighted by Crippen LogP contribution is -2.12. The van der Waals surface area contributed by atoms with Gasteiger partial charge < -0.3 is 10.4 Å². The van der Waals surface area contributed by atoms with E-state index < -0.39 is 5.97 Å². The first-order valence-electron chi connectivity index (χ1n) is 7.55. The lowest BCUT2D eigenvalue weighted by atomic mass is 9.85. The lowest BCUT2D eigenvalue weighted by Gasteiger charge is -2.18. The Balaban J connectivity index is 2.13. The highest BCUT2D eigenvalue weighted by Crippen LogP contribution is 2.39. The summed E-state index contributed by atoms with van der Waals surface area (Å²) in [5, 5.41) is 16.5. The Bertz CT molecular complexity index is 808. The molecule has 1 aromatic heterocycles. The summed E-state index contributed by atoms with van der Waals surface area (Å²) in [5.41, 5.74) is 4.14. The van der Waals surface area contributed by atoms with Crippen LogP contribution in [0.2, 0.25) is 0 Å². The number of carbonyl (C=O) groups is 2. The summed E-state index contributed by atoms with van der Waals surface area (Å²) >= 11 is 0. The number of fused-ring (bicyclic) bond motifs is 1. The number of anilines is 1. The van der Waals surface area contributed by atoms with E-state index in [1.165, 1.54) is 0 Å². The second kappa shape index (κ2) is 5.53. The van der Waals surface area contributed by atoms with Crippen LogP contribution >= 0.6 is 0 Å². The summed E-state index contributed by atoms with van der Waals surface area (Å²) in [7, 11) is 1.81. The molecule has 2 heterocycles. The van der Waals surface area contributed by atoms with E-state index in [9.17, 15) is 9.59 Å². The maximum atomic E-state index is 12.0. The minimum absolute atomic E-state index is 0.0171. The Labute approximate surface area is 134 Å². The van der Waals surface area contributed by atoms with Gasteiger partial charge in [-0.25, -0.2) is 4.79 Å². The van der Waals surface area contributed by atoms with Gasteiger partial charge in [0.1, 0.15) is 5.82 Å². The average Bonchev–Trinajstić information content (AvgIpc) is 2.66. The third-order valence-corrected chi connectivity index (χ3v) is 4.43. The van der Waals surface area contributed by atoms with Gasteiger partial charge in [0.2, 0.25) is 5.91 Å². The van der Waals surface area contributed by atoms with Crippen LogP contribution in [0.15, 0.2) is 18.2 Å². The number of aromatic carboxylic acids is 1. The number of rotatable bonds is 2. The van der Waals surface area contributed by atoms with Crippen molar-refractivity contribution in [1.82, 2.24) is 9.78 Å². The van der Waals surface area contributed by atoms with Gasteiger partial charge in [-0.3, -0.25) is 9.48 Å². The molecular weight excluding hydrogens is 294 g/mol. The molecule has 1 aliphatic rings. The van der Waals surface area contributed by atoms with Crippen LogP contribution in [0.1, 0.15) is 51.5 Å². The number of aryl methyl sites for hydroxylation is 3. The van der Waals surface area contributed by atoms with Crippen LogP contribution in [-0.2, 0) is 11.8 Å². The fraction of sp³-hybridized carbons (Fsp3) is 0.353. The van der Waals surface area contributed by atoms with E-state index in [0.29, 0.717) is 12.8 Å². The summed E-state index contributed by atoms with van der Waals surface area (Å²) < 4.78 is 1.70. The lowest BCUT2D eigenvalue weighted by molar-refractivity contribution is -0.116. The standard InChI is InChI=1S/C17H19N3O3/c1-9-8-11(17(22)23)4-5-12(9)13-6-7-14(21)18-16-15(13)10(2)19-20(16)3/h4-5,8,13H,6-7H2,1-3H3,(H,18,21)(H,22,23). The van der Waals surface area contributed by atoms with E-state index in [4.69, 9.17) is 5.11 Å².